The van der Waals surface area contributed by atoms with Crippen molar-refractivity contribution in [2.24, 2.45) is 5.92 Å². The molecule has 2 heteroatoms. The van der Waals surface area contributed by atoms with Crippen molar-refractivity contribution < 1.29 is 0 Å². The topological polar surface area (TPSA) is 15.3 Å². The van der Waals surface area contributed by atoms with E-state index in [2.05, 4.69) is 56.1 Å². The lowest BCUT2D eigenvalue weighted by Gasteiger charge is -2.34. The highest BCUT2D eigenvalue weighted by Crippen LogP contribution is 2.26. The lowest BCUT2D eigenvalue weighted by atomic mass is 9.95. The molecule has 1 fully saturated rings. The van der Waals surface area contributed by atoms with Gasteiger partial charge < -0.3 is 5.32 Å². The van der Waals surface area contributed by atoms with Crippen LogP contribution in [-0.2, 0) is 0 Å². The molecule has 1 aromatic rings. The van der Waals surface area contributed by atoms with Crippen LogP contribution in [0.1, 0.15) is 49.4 Å². The molecule has 0 amide bonds. The Morgan fingerprint density at radius 1 is 1.35 bits per heavy atom. The zero-order chi connectivity index (χ0) is 14.5. The highest BCUT2D eigenvalue weighted by atomic mass is 15.2. The zero-order valence-electron chi connectivity index (χ0n) is 13.6. The fourth-order valence-electron chi connectivity index (χ4n) is 3.46. The van der Waals surface area contributed by atoms with E-state index in [0.717, 1.165) is 12.5 Å². The molecule has 1 heterocycles. The highest BCUT2D eigenvalue weighted by molar-refractivity contribution is 5.32. The maximum Gasteiger partial charge on any atom is 0.0322 e. The molecule has 0 aliphatic carbocycles. The Labute approximate surface area is 124 Å². The summed E-state index contributed by atoms with van der Waals surface area (Å²) in [6.07, 6.45) is 2.71. The van der Waals surface area contributed by atoms with Crippen LogP contribution in [0.4, 0.5) is 0 Å². The first kappa shape index (κ1) is 15.5. The van der Waals surface area contributed by atoms with E-state index in [4.69, 9.17) is 0 Å². The van der Waals surface area contributed by atoms with Gasteiger partial charge in [0.1, 0.15) is 0 Å². The number of piperidine rings is 1. The van der Waals surface area contributed by atoms with Gasteiger partial charge in [0.15, 0.2) is 0 Å². The van der Waals surface area contributed by atoms with Gasteiger partial charge in [-0.25, -0.2) is 0 Å². The first-order valence-electron chi connectivity index (χ1n) is 8.13. The van der Waals surface area contributed by atoms with Crippen LogP contribution in [0.25, 0.3) is 0 Å². The first-order valence-corrected chi connectivity index (χ1v) is 8.13. The van der Waals surface area contributed by atoms with Crippen LogP contribution in [0.3, 0.4) is 0 Å². The predicted octanol–water partition coefficient (Wildman–Crippen LogP) is 3.69. The third-order valence-electron chi connectivity index (χ3n) is 4.72. The highest BCUT2D eigenvalue weighted by Gasteiger charge is 2.21. The van der Waals surface area contributed by atoms with Crippen LogP contribution in [0.5, 0.6) is 0 Å². The molecule has 0 saturated carbocycles. The van der Waals surface area contributed by atoms with Crippen molar-refractivity contribution in [2.45, 2.75) is 46.6 Å². The molecule has 20 heavy (non-hydrogen) atoms. The summed E-state index contributed by atoms with van der Waals surface area (Å²) >= 11 is 0. The summed E-state index contributed by atoms with van der Waals surface area (Å²) in [5.74, 6) is 0.817. The van der Waals surface area contributed by atoms with Crippen LogP contribution in [-0.4, -0.2) is 31.1 Å². The van der Waals surface area contributed by atoms with E-state index >= 15 is 0 Å². The Morgan fingerprint density at radius 3 is 2.75 bits per heavy atom. The molecule has 1 aliphatic rings. The van der Waals surface area contributed by atoms with Crippen LogP contribution in [0, 0.1) is 19.8 Å². The maximum atomic E-state index is 3.54. The molecule has 1 N–H and O–H groups in total. The zero-order valence-corrected chi connectivity index (χ0v) is 13.6. The maximum absolute atomic E-state index is 3.54. The van der Waals surface area contributed by atoms with Crippen LogP contribution in [0.2, 0.25) is 0 Å². The van der Waals surface area contributed by atoms with Gasteiger partial charge in [-0.1, -0.05) is 30.7 Å². The minimum atomic E-state index is 0.516. The molecule has 1 saturated heterocycles. The molecular formula is C18H30N2. The van der Waals surface area contributed by atoms with Gasteiger partial charge in [0, 0.05) is 12.6 Å². The summed E-state index contributed by atoms with van der Waals surface area (Å²) < 4.78 is 0. The fourth-order valence-corrected chi connectivity index (χ4v) is 3.46. The standard InChI is InChI=1S/C18H30N2/c1-5-20(13-17-7-6-10-19-12-17)16(4)18-9-8-14(2)11-15(18)3/h8-9,11,16-17,19H,5-7,10,12-13H2,1-4H3. The second-order valence-electron chi connectivity index (χ2n) is 6.34. The number of nitrogens with one attached hydrogen (secondary N) is 1. The Kier molecular flexibility index (Phi) is 5.62. The smallest absolute Gasteiger partial charge is 0.0322 e. The Bertz CT molecular complexity index is 421. The largest absolute Gasteiger partial charge is 0.316 e. The van der Waals surface area contributed by atoms with Crippen LogP contribution >= 0.6 is 0 Å². The number of hydrogen-bond donors (Lipinski definition) is 1. The van der Waals surface area contributed by atoms with Crippen molar-refractivity contribution in [1.29, 1.82) is 0 Å². The quantitative estimate of drug-likeness (QED) is 0.881. The molecule has 112 valence electrons. The van der Waals surface area contributed by atoms with Crippen molar-refractivity contribution in [3.05, 3.63) is 34.9 Å². The molecule has 2 atom stereocenters. The summed E-state index contributed by atoms with van der Waals surface area (Å²) in [7, 11) is 0. The Hall–Kier alpha value is -0.860. The Balaban J connectivity index is 2.05. The molecule has 0 radical (unpaired) electrons. The van der Waals surface area contributed by atoms with E-state index in [1.165, 1.54) is 49.2 Å². The van der Waals surface area contributed by atoms with Gasteiger partial charge in [-0.05, 0) is 70.3 Å². The van der Waals surface area contributed by atoms with Crippen molar-refractivity contribution in [2.75, 3.05) is 26.2 Å². The Morgan fingerprint density at radius 2 is 2.15 bits per heavy atom. The average molecular weight is 274 g/mol. The number of hydrogen-bond acceptors (Lipinski definition) is 2. The normalized spacial score (nSPS) is 21.1. The van der Waals surface area contributed by atoms with Gasteiger partial charge in [0.25, 0.3) is 0 Å². The lowest BCUT2D eigenvalue weighted by molar-refractivity contribution is 0.170. The SMILES string of the molecule is CCN(CC1CCCNC1)C(C)c1ccc(C)cc1C. The number of rotatable bonds is 5. The van der Waals surface area contributed by atoms with Crippen LogP contribution < -0.4 is 5.32 Å². The molecule has 1 aromatic carbocycles. The number of aryl methyl sites for hydroxylation is 2. The number of nitrogens with zero attached hydrogens (tertiary/aromatic N) is 1. The van der Waals surface area contributed by atoms with Gasteiger partial charge in [0.2, 0.25) is 0 Å². The predicted molar refractivity (Wildman–Crippen MR) is 87.2 cm³/mol. The van der Waals surface area contributed by atoms with Gasteiger partial charge in [-0.15, -0.1) is 0 Å². The van der Waals surface area contributed by atoms with Crippen molar-refractivity contribution in [1.82, 2.24) is 10.2 Å². The fraction of sp³-hybridized carbons (Fsp3) is 0.667. The van der Waals surface area contributed by atoms with Crippen molar-refractivity contribution >= 4 is 0 Å². The summed E-state index contributed by atoms with van der Waals surface area (Å²) in [4.78, 5) is 2.63. The molecule has 2 unspecified atom stereocenters. The lowest BCUT2D eigenvalue weighted by Crippen LogP contribution is -2.39. The summed E-state index contributed by atoms with van der Waals surface area (Å²) in [5.41, 5.74) is 4.27. The van der Waals surface area contributed by atoms with E-state index in [1.807, 2.05) is 0 Å². The second kappa shape index (κ2) is 7.24. The average Bonchev–Trinajstić information content (AvgIpc) is 2.45. The molecular weight excluding hydrogens is 244 g/mol. The molecule has 2 rings (SSSR count). The van der Waals surface area contributed by atoms with Crippen LogP contribution in [0.15, 0.2) is 18.2 Å². The minimum Gasteiger partial charge on any atom is -0.316 e. The third kappa shape index (κ3) is 3.83. The van der Waals surface area contributed by atoms with Gasteiger partial charge in [-0.2, -0.15) is 0 Å². The van der Waals surface area contributed by atoms with E-state index < -0.39 is 0 Å². The summed E-state index contributed by atoms with van der Waals surface area (Å²) in [6, 6.07) is 7.39. The van der Waals surface area contributed by atoms with E-state index in [1.54, 1.807) is 0 Å². The third-order valence-corrected chi connectivity index (χ3v) is 4.72. The molecule has 0 aromatic heterocycles. The van der Waals surface area contributed by atoms with E-state index in [-0.39, 0.29) is 0 Å². The molecule has 2 nitrogen and oxygen atoms in total. The van der Waals surface area contributed by atoms with Crippen molar-refractivity contribution in [3.8, 4) is 0 Å². The molecule has 1 aliphatic heterocycles. The summed E-state index contributed by atoms with van der Waals surface area (Å²) in [5, 5.41) is 3.54. The molecule has 0 bridgehead atoms. The van der Waals surface area contributed by atoms with Crippen molar-refractivity contribution in [3.63, 3.8) is 0 Å². The molecule has 0 spiro atoms. The first-order chi connectivity index (χ1) is 9.61. The van der Waals surface area contributed by atoms with Gasteiger partial charge >= 0.3 is 0 Å². The second-order valence-corrected chi connectivity index (χ2v) is 6.34. The van der Waals surface area contributed by atoms with Gasteiger partial charge in [-0.3, -0.25) is 4.90 Å². The number of benzene rings is 1. The van der Waals surface area contributed by atoms with E-state index in [9.17, 15) is 0 Å². The summed E-state index contributed by atoms with van der Waals surface area (Å²) in [6.45, 7) is 13.8. The van der Waals surface area contributed by atoms with E-state index in [0.29, 0.717) is 6.04 Å². The monoisotopic (exact) mass is 274 g/mol. The minimum absolute atomic E-state index is 0.516. The van der Waals surface area contributed by atoms with Gasteiger partial charge in [0.05, 0.1) is 0 Å².